The summed E-state index contributed by atoms with van der Waals surface area (Å²) in [5.74, 6) is 0.364. The Kier molecular flexibility index (Phi) is 6.35. The van der Waals surface area contributed by atoms with E-state index in [1.54, 1.807) is 44.6 Å². The molecule has 0 radical (unpaired) electrons. The Balaban J connectivity index is 2.03. The van der Waals surface area contributed by atoms with E-state index in [1.807, 2.05) is 24.3 Å². The van der Waals surface area contributed by atoms with Crippen molar-refractivity contribution in [3.05, 3.63) is 60.3 Å². The fourth-order valence-electron chi connectivity index (χ4n) is 3.88. The first kappa shape index (κ1) is 22.7. The Morgan fingerprint density at radius 2 is 1.53 bits per heavy atom. The minimum absolute atomic E-state index is 0.168. The number of carbonyl (C=O) groups excluding carboxylic acids is 2. The molecule has 1 heterocycles. The van der Waals surface area contributed by atoms with E-state index in [2.05, 4.69) is 10.2 Å². The first-order valence-electron chi connectivity index (χ1n) is 10.3. The smallest absolute Gasteiger partial charge is 0.356 e. The highest BCUT2D eigenvalue weighted by molar-refractivity contribution is 6.09. The quantitative estimate of drug-likeness (QED) is 0.384. The molecule has 4 aromatic rings. The van der Waals surface area contributed by atoms with Crippen LogP contribution in [0.4, 0.5) is 0 Å². The van der Waals surface area contributed by atoms with Gasteiger partial charge in [-0.05, 0) is 35.2 Å². The van der Waals surface area contributed by atoms with E-state index in [0.29, 0.717) is 39.6 Å². The minimum Gasteiger partial charge on any atom is -0.496 e. The number of esters is 1. The van der Waals surface area contributed by atoms with Crippen LogP contribution in [0.5, 0.6) is 17.2 Å². The van der Waals surface area contributed by atoms with Crippen LogP contribution in [-0.4, -0.2) is 50.0 Å². The van der Waals surface area contributed by atoms with Crippen molar-refractivity contribution in [2.24, 2.45) is 5.73 Å². The maximum atomic E-state index is 12.7. The molecule has 0 unspecified atom stereocenters. The summed E-state index contributed by atoms with van der Waals surface area (Å²) in [5.41, 5.74) is 7.64. The van der Waals surface area contributed by atoms with Gasteiger partial charge in [-0.2, -0.15) is 5.10 Å². The van der Waals surface area contributed by atoms with Crippen LogP contribution in [0.2, 0.25) is 0 Å². The largest absolute Gasteiger partial charge is 0.496 e. The Morgan fingerprint density at radius 1 is 0.853 bits per heavy atom. The molecule has 9 nitrogen and oxygen atoms in total. The summed E-state index contributed by atoms with van der Waals surface area (Å²) >= 11 is 0. The van der Waals surface area contributed by atoms with Gasteiger partial charge in [0.1, 0.15) is 22.9 Å². The van der Waals surface area contributed by atoms with E-state index in [9.17, 15) is 9.59 Å². The fourth-order valence-corrected chi connectivity index (χ4v) is 3.88. The van der Waals surface area contributed by atoms with Crippen LogP contribution < -0.4 is 19.9 Å². The molecule has 0 fully saturated rings. The second-order valence-electron chi connectivity index (χ2n) is 7.26. The lowest BCUT2D eigenvalue weighted by Crippen LogP contribution is -2.20. The van der Waals surface area contributed by atoms with Gasteiger partial charge in [-0.15, -0.1) is 0 Å². The summed E-state index contributed by atoms with van der Waals surface area (Å²) in [7, 11) is 4.40. The van der Waals surface area contributed by atoms with Crippen molar-refractivity contribution in [1.29, 1.82) is 0 Å². The summed E-state index contributed by atoms with van der Waals surface area (Å²) in [6.07, 6.45) is 0. The molecule has 0 spiro atoms. The van der Waals surface area contributed by atoms with Gasteiger partial charge in [-0.25, -0.2) is 4.79 Å². The molecule has 1 aromatic heterocycles. The number of nitrogens with zero attached hydrogens (tertiary/aromatic N) is 1. The lowest BCUT2D eigenvalue weighted by molar-refractivity contribution is -0.119. The lowest BCUT2D eigenvalue weighted by atomic mass is 9.93. The number of methoxy groups -OCH3 is 3. The number of carbonyl (C=O) groups is 2. The number of aromatic nitrogens is 2. The summed E-state index contributed by atoms with van der Waals surface area (Å²) in [4.78, 5) is 24.0. The predicted octanol–water partition coefficient (Wildman–Crippen LogP) is 3.56. The van der Waals surface area contributed by atoms with Gasteiger partial charge in [0.2, 0.25) is 0 Å². The van der Waals surface area contributed by atoms with Gasteiger partial charge in [0.05, 0.1) is 26.9 Å². The number of fused-ring (bicyclic) bond motifs is 1. The van der Waals surface area contributed by atoms with Gasteiger partial charge in [0.15, 0.2) is 12.3 Å². The third-order valence-corrected chi connectivity index (χ3v) is 5.34. The molecule has 0 aliphatic carbocycles. The van der Waals surface area contributed by atoms with Crippen molar-refractivity contribution in [3.8, 4) is 39.6 Å². The van der Waals surface area contributed by atoms with E-state index in [0.717, 1.165) is 10.8 Å². The highest BCUT2D eigenvalue weighted by Crippen LogP contribution is 2.45. The number of nitrogens with two attached hydrogens (primary N) is 1. The van der Waals surface area contributed by atoms with Gasteiger partial charge < -0.3 is 24.7 Å². The molecule has 0 bridgehead atoms. The molecule has 0 aliphatic rings. The Labute approximate surface area is 195 Å². The van der Waals surface area contributed by atoms with E-state index in [4.69, 9.17) is 24.7 Å². The third-order valence-electron chi connectivity index (χ3n) is 5.34. The topological polar surface area (TPSA) is 126 Å². The van der Waals surface area contributed by atoms with Gasteiger partial charge in [-0.1, -0.05) is 30.3 Å². The lowest BCUT2D eigenvalue weighted by Gasteiger charge is -2.15. The van der Waals surface area contributed by atoms with E-state index in [1.165, 1.54) is 7.11 Å². The molecule has 0 saturated heterocycles. The molecule has 0 saturated carbocycles. The molecule has 9 heteroatoms. The minimum atomic E-state index is -0.583. The maximum absolute atomic E-state index is 12.7. The number of ether oxygens (including phenoxy) is 4. The second-order valence-corrected chi connectivity index (χ2v) is 7.26. The summed E-state index contributed by atoms with van der Waals surface area (Å²) in [5, 5.41) is 8.78. The molecule has 4 rings (SSSR count). The Bertz CT molecular complexity index is 1360. The summed E-state index contributed by atoms with van der Waals surface area (Å²) < 4.78 is 21.8. The second kappa shape index (κ2) is 9.53. The SMILES string of the molecule is COC(=O)c1[nH]nc(-c2c(OC)cccc2OC)c1-c1ccc(OCC(N)=O)c2ccccc12. The highest BCUT2D eigenvalue weighted by atomic mass is 16.5. The normalized spacial score (nSPS) is 10.7. The van der Waals surface area contributed by atoms with Crippen LogP contribution in [-0.2, 0) is 9.53 Å². The Morgan fingerprint density at radius 3 is 2.15 bits per heavy atom. The number of hydrogen-bond acceptors (Lipinski definition) is 7. The highest BCUT2D eigenvalue weighted by Gasteiger charge is 2.27. The molecule has 174 valence electrons. The van der Waals surface area contributed by atoms with E-state index >= 15 is 0 Å². The predicted molar refractivity (Wildman–Crippen MR) is 126 cm³/mol. The molecule has 0 aliphatic heterocycles. The van der Waals surface area contributed by atoms with Crippen LogP contribution >= 0.6 is 0 Å². The average Bonchev–Trinajstić information content (AvgIpc) is 3.30. The van der Waals surface area contributed by atoms with Crippen LogP contribution in [0.25, 0.3) is 33.2 Å². The molecular formula is C25H23N3O6. The third kappa shape index (κ3) is 3.99. The van der Waals surface area contributed by atoms with Crippen LogP contribution in [0.3, 0.4) is 0 Å². The van der Waals surface area contributed by atoms with Crippen molar-refractivity contribution in [2.75, 3.05) is 27.9 Å². The average molecular weight is 461 g/mol. The molecular weight excluding hydrogens is 438 g/mol. The van der Waals surface area contributed by atoms with E-state index in [-0.39, 0.29) is 12.3 Å². The van der Waals surface area contributed by atoms with Crippen LogP contribution in [0.15, 0.2) is 54.6 Å². The van der Waals surface area contributed by atoms with Crippen molar-refractivity contribution in [2.45, 2.75) is 0 Å². The first-order valence-corrected chi connectivity index (χ1v) is 10.3. The zero-order valence-electron chi connectivity index (χ0n) is 18.9. The van der Waals surface area contributed by atoms with Crippen molar-refractivity contribution >= 4 is 22.6 Å². The monoisotopic (exact) mass is 461 g/mol. The van der Waals surface area contributed by atoms with Gasteiger partial charge in [0, 0.05) is 10.9 Å². The zero-order valence-corrected chi connectivity index (χ0v) is 18.9. The number of hydrogen-bond donors (Lipinski definition) is 2. The molecule has 3 N–H and O–H groups in total. The molecule has 34 heavy (non-hydrogen) atoms. The van der Waals surface area contributed by atoms with E-state index < -0.39 is 11.9 Å². The number of aromatic amines is 1. The van der Waals surface area contributed by atoms with Crippen molar-refractivity contribution in [3.63, 3.8) is 0 Å². The van der Waals surface area contributed by atoms with Crippen LogP contribution in [0.1, 0.15) is 10.5 Å². The number of nitrogens with one attached hydrogen (secondary N) is 1. The summed E-state index contributed by atoms with van der Waals surface area (Å²) in [6.45, 7) is -0.258. The van der Waals surface area contributed by atoms with Crippen molar-refractivity contribution in [1.82, 2.24) is 10.2 Å². The number of benzene rings is 3. The van der Waals surface area contributed by atoms with Gasteiger partial charge >= 0.3 is 5.97 Å². The standard InChI is InChI=1S/C25H23N3O6/c1-31-18-9-6-10-19(32-2)22(18)23-21(24(28-27-23)25(30)33-3)16-11-12-17(34-13-20(26)29)15-8-5-4-7-14(15)16/h4-12H,13H2,1-3H3,(H2,26,29)(H,27,28). The summed E-state index contributed by atoms with van der Waals surface area (Å²) in [6, 6.07) is 16.3. The molecule has 0 atom stereocenters. The number of rotatable bonds is 8. The fraction of sp³-hybridized carbons (Fsp3) is 0.160. The number of primary amides is 1. The van der Waals surface area contributed by atoms with Gasteiger partial charge in [-0.3, -0.25) is 9.89 Å². The van der Waals surface area contributed by atoms with Gasteiger partial charge in [0.25, 0.3) is 5.91 Å². The molecule has 1 amide bonds. The maximum Gasteiger partial charge on any atom is 0.356 e. The van der Waals surface area contributed by atoms with Crippen LogP contribution in [0, 0.1) is 0 Å². The number of H-pyrrole nitrogens is 1. The zero-order chi connectivity index (χ0) is 24.2. The molecule has 3 aromatic carbocycles. The Hall–Kier alpha value is -4.53. The first-order chi connectivity index (χ1) is 16.5. The number of amides is 1. The van der Waals surface area contributed by atoms with Crippen molar-refractivity contribution < 1.29 is 28.5 Å².